The minimum atomic E-state index is -0.588. The van der Waals surface area contributed by atoms with Crippen molar-refractivity contribution in [2.45, 2.75) is 44.7 Å². The van der Waals surface area contributed by atoms with Crippen LogP contribution in [0.3, 0.4) is 0 Å². The van der Waals surface area contributed by atoms with Gasteiger partial charge in [0.15, 0.2) is 0 Å². The van der Waals surface area contributed by atoms with Crippen LogP contribution in [-0.2, 0) is 18.3 Å². The second-order valence-electron chi connectivity index (χ2n) is 11.3. The van der Waals surface area contributed by atoms with Gasteiger partial charge in [-0.25, -0.2) is 9.67 Å². The molecule has 2 amide bonds. The average Bonchev–Trinajstić information content (AvgIpc) is 3.64. The zero-order valence-corrected chi connectivity index (χ0v) is 26.6. The third-order valence-corrected chi connectivity index (χ3v) is 9.11. The highest BCUT2D eigenvalue weighted by atomic mass is 35.5. The molecule has 0 spiro atoms. The van der Waals surface area contributed by atoms with Crippen LogP contribution >= 0.6 is 23.2 Å². The molecule has 0 radical (unpaired) electrons. The molecule has 2 aliphatic rings. The largest absolute Gasteiger partial charge is 0.481 e. The number of benzene rings is 2. The number of pyridine rings is 1. The molecule has 4 aromatic rings. The smallest absolute Gasteiger partial charge is 0.279 e. The Morgan fingerprint density at radius 3 is 2.51 bits per heavy atom. The van der Waals surface area contributed by atoms with Gasteiger partial charge < -0.3 is 20.7 Å². The summed E-state index contributed by atoms with van der Waals surface area (Å²) in [6.07, 6.45) is 3.14. The molecule has 0 bridgehead atoms. The summed E-state index contributed by atoms with van der Waals surface area (Å²) in [5.74, 6) is 0.0476. The molecule has 2 aromatic heterocycles. The summed E-state index contributed by atoms with van der Waals surface area (Å²) < 4.78 is 6.90. The number of hydrogen-bond acceptors (Lipinski definition) is 7. The number of methoxy groups -OCH3 is 1. The fourth-order valence-corrected chi connectivity index (χ4v) is 6.70. The maximum atomic E-state index is 13.1. The Labute approximate surface area is 270 Å². The van der Waals surface area contributed by atoms with E-state index in [1.54, 1.807) is 26.2 Å². The molecule has 1 aliphatic carbocycles. The number of rotatable bonds is 8. The van der Waals surface area contributed by atoms with E-state index >= 15 is 0 Å². The fourth-order valence-electron chi connectivity index (χ4n) is 6.10. The summed E-state index contributed by atoms with van der Waals surface area (Å²) in [4.78, 5) is 42.1. The molecule has 3 N–H and O–H groups in total. The van der Waals surface area contributed by atoms with Gasteiger partial charge in [-0.3, -0.25) is 14.4 Å². The van der Waals surface area contributed by atoms with Gasteiger partial charge in [0.2, 0.25) is 11.8 Å². The first-order valence-electron chi connectivity index (χ1n) is 14.7. The summed E-state index contributed by atoms with van der Waals surface area (Å²) in [7, 11) is 3.11. The van der Waals surface area contributed by atoms with Crippen LogP contribution < -0.4 is 26.2 Å². The van der Waals surface area contributed by atoms with Gasteiger partial charge in [0, 0.05) is 54.4 Å². The number of fused-ring (bicyclic) bond motifs is 1. The predicted octanol–water partition coefficient (Wildman–Crippen LogP) is 5.24. The highest BCUT2D eigenvalue weighted by Crippen LogP contribution is 2.44. The number of aromatic nitrogens is 3. The number of nitrogens with one attached hydrogen (secondary N) is 3. The number of hydrogen-bond donors (Lipinski definition) is 3. The van der Waals surface area contributed by atoms with Gasteiger partial charge in [0.25, 0.3) is 11.5 Å². The topological polar surface area (TPSA) is 127 Å². The van der Waals surface area contributed by atoms with E-state index in [2.05, 4.69) is 27.1 Å². The first kappa shape index (κ1) is 30.8. The third-order valence-electron chi connectivity index (χ3n) is 8.29. The van der Waals surface area contributed by atoms with Gasteiger partial charge in [-0.15, -0.1) is 0 Å². The standard InChI is InChI=1S/C33H32Cl2N6O4/c1-17-14-23(33(44)41(2)40-17)31(43)38-25-9-5-7-21(30(25)35)20-6-4-8-22(29(20)34)26-15-18-10-12-24(28(18)32(39-26)45-3)36-16-19-11-13-27(42)37-19/h4-9,14-15,19,24,36H,10-13,16H2,1-3H3,(H,37,42)(H,38,43). The second kappa shape index (κ2) is 12.6. The zero-order chi connectivity index (χ0) is 31.8. The molecule has 232 valence electrons. The Morgan fingerprint density at radius 2 is 1.78 bits per heavy atom. The molecule has 3 heterocycles. The minimum absolute atomic E-state index is 0.0362. The number of anilines is 1. The van der Waals surface area contributed by atoms with Gasteiger partial charge >= 0.3 is 0 Å². The van der Waals surface area contributed by atoms with Crippen molar-refractivity contribution in [1.29, 1.82) is 0 Å². The van der Waals surface area contributed by atoms with Crippen molar-refractivity contribution >= 4 is 40.7 Å². The van der Waals surface area contributed by atoms with Crippen LogP contribution in [0.2, 0.25) is 10.0 Å². The molecule has 10 nitrogen and oxygen atoms in total. The Bertz CT molecular complexity index is 1890. The molecule has 1 saturated heterocycles. The van der Waals surface area contributed by atoms with Crippen LogP contribution in [0.1, 0.15) is 52.5 Å². The van der Waals surface area contributed by atoms with E-state index in [4.69, 9.17) is 32.9 Å². The van der Waals surface area contributed by atoms with Gasteiger partial charge in [0.05, 0.1) is 34.2 Å². The van der Waals surface area contributed by atoms with Crippen molar-refractivity contribution in [3.63, 3.8) is 0 Å². The van der Waals surface area contributed by atoms with E-state index in [0.717, 1.165) is 35.1 Å². The number of ether oxygens (including phenoxy) is 1. The molecule has 2 unspecified atom stereocenters. The van der Waals surface area contributed by atoms with Crippen LogP contribution in [0.5, 0.6) is 5.88 Å². The zero-order valence-electron chi connectivity index (χ0n) is 25.0. The van der Waals surface area contributed by atoms with Crippen molar-refractivity contribution in [3.8, 4) is 28.3 Å². The van der Waals surface area contributed by atoms with E-state index < -0.39 is 11.5 Å². The quantitative estimate of drug-likeness (QED) is 0.239. The highest BCUT2D eigenvalue weighted by Gasteiger charge is 2.30. The van der Waals surface area contributed by atoms with Crippen LogP contribution in [0, 0.1) is 6.92 Å². The lowest BCUT2D eigenvalue weighted by Crippen LogP contribution is -2.36. The number of nitrogens with zero attached hydrogens (tertiary/aromatic N) is 3. The monoisotopic (exact) mass is 646 g/mol. The Morgan fingerprint density at radius 1 is 1.04 bits per heavy atom. The number of carbonyl (C=O) groups is 2. The Hall–Kier alpha value is -4.25. The molecule has 12 heteroatoms. The van der Waals surface area contributed by atoms with Gasteiger partial charge in [0.1, 0.15) is 5.56 Å². The molecule has 1 aliphatic heterocycles. The van der Waals surface area contributed by atoms with Crippen molar-refractivity contribution in [2.24, 2.45) is 7.05 Å². The summed E-state index contributed by atoms with van der Waals surface area (Å²) in [6.45, 7) is 2.40. The number of halogens is 2. The Balaban J connectivity index is 1.29. The summed E-state index contributed by atoms with van der Waals surface area (Å²) in [6, 6.07) is 14.6. The van der Waals surface area contributed by atoms with Crippen LogP contribution in [0.15, 0.2) is 53.3 Å². The molecule has 0 saturated carbocycles. The van der Waals surface area contributed by atoms with Crippen molar-refractivity contribution in [1.82, 2.24) is 25.4 Å². The first-order valence-corrected chi connectivity index (χ1v) is 15.4. The van der Waals surface area contributed by atoms with Crippen LogP contribution in [0.4, 0.5) is 5.69 Å². The number of carbonyl (C=O) groups excluding carboxylic acids is 2. The van der Waals surface area contributed by atoms with Crippen molar-refractivity contribution in [3.05, 3.63) is 91.3 Å². The molecule has 1 fully saturated rings. The summed E-state index contributed by atoms with van der Waals surface area (Å²) in [5, 5.41) is 14.1. The van der Waals surface area contributed by atoms with Crippen LogP contribution in [-0.4, -0.2) is 46.3 Å². The second-order valence-corrected chi connectivity index (χ2v) is 12.1. The SMILES string of the molecule is COc1nc(-c2cccc(-c3cccc(NC(=O)c4cc(C)nn(C)c4=O)c3Cl)c2Cl)cc2c1C(NCC1CCC(=O)N1)CC2. The highest BCUT2D eigenvalue weighted by molar-refractivity contribution is 6.39. The van der Waals surface area contributed by atoms with Gasteiger partial charge in [-0.1, -0.05) is 53.5 Å². The normalized spacial score (nSPS) is 17.2. The lowest BCUT2D eigenvalue weighted by molar-refractivity contribution is -0.119. The molecular weight excluding hydrogens is 615 g/mol. The minimum Gasteiger partial charge on any atom is -0.481 e. The average molecular weight is 648 g/mol. The van der Waals surface area contributed by atoms with Crippen LogP contribution in [0.25, 0.3) is 22.4 Å². The number of aryl methyl sites for hydroxylation is 3. The molecule has 45 heavy (non-hydrogen) atoms. The van der Waals surface area contributed by atoms with E-state index in [1.807, 2.05) is 24.3 Å². The van der Waals surface area contributed by atoms with Gasteiger partial charge in [-0.05, 0) is 49.9 Å². The van der Waals surface area contributed by atoms with E-state index in [9.17, 15) is 14.4 Å². The molecule has 6 rings (SSSR count). The van der Waals surface area contributed by atoms with E-state index in [0.29, 0.717) is 57.6 Å². The number of amides is 2. The maximum absolute atomic E-state index is 13.1. The maximum Gasteiger partial charge on any atom is 0.279 e. The van der Waals surface area contributed by atoms with Gasteiger partial charge in [-0.2, -0.15) is 5.10 Å². The molecule has 2 atom stereocenters. The Kier molecular flexibility index (Phi) is 8.63. The molecule has 2 aromatic carbocycles. The summed E-state index contributed by atoms with van der Waals surface area (Å²) in [5.41, 5.74) is 5.14. The fraction of sp³-hybridized carbons (Fsp3) is 0.303. The lowest BCUT2D eigenvalue weighted by atomic mass is 9.99. The van der Waals surface area contributed by atoms with Crippen molar-refractivity contribution in [2.75, 3.05) is 19.0 Å². The first-order chi connectivity index (χ1) is 21.6. The summed E-state index contributed by atoms with van der Waals surface area (Å²) >= 11 is 13.9. The lowest BCUT2D eigenvalue weighted by Gasteiger charge is -2.20. The van der Waals surface area contributed by atoms with Crippen molar-refractivity contribution < 1.29 is 14.3 Å². The third kappa shape index (κ3) is 6.05. The van der Waals surface area contributed by atoms with E-state index in [1.165, 1.54) is 13.1 Å². The molecular formula is C33H32Cl2N6O4. The predicted molar refractivity (Wildman–Crippen MR) is 174 cm³/mol. The van der Waals surface area contributed by atoms with E-state index in [-0.39, 0.29) is 28.6 Å².